The maximum atomic E-state index is 12.9. The van der Waals surface area contributed by atoms with E-state index in [4.69, 9.17) is 0 Å². The highest BCUT2D eigenvalue weighted by molar-refractivity contribution is 6.02. The van der Waals surface area contributed by atoms with Crippen molar-refractivity contribution in [1.29, 1.82) is 0 Å². The minimum Gasteiger partial charge on any atom is -0.872 e. The number of aromatic amines is 1. The van der Waals surface area contributed by atoms with Crippen LogP contribution in [0.5, 0.6) is 11.5 Å². The Morgan fingerprint density at radius 1 is 0.634 bits per heavy atom. The van der Waals surface area contributed by atoms with Gasteiger partial charge in [0.25, 0.3) is 0 Å². The third kappa shape index (κ3) is 5.55. The molecule has 202 valence electrons. The second-order valence-electron chi connectivity index (χ2n) is 9.37. The van der Waals surface area contributed by atoms with Gasteiger partial charge in [0, 0.05) is 24.1 Å². The van der Waals surface area contributed by atoms with Gasteiger partial charge in [-0.05, 0) is 50.4 Å². The third-order valence-electron chi connectivity index (χ3n) is 6.87. The van der Waals surface area contributed by atoms with E-state index >= 15 is 0 Å². The molecular formula is C34H25NO6. The van der Waals surface area contributed by atoms with E-state index in [-0.39, 0.29) is 28.7 Å². The van der Waals surface area contributed by atoms with Gasteiger partial charge in [0.2, 0.25) is 0 Å². The van der Waals surface area contributed by atoms with Gasteiger partial charge in [-0.2, -0.15) is 0 Å². The summed E-state index contributed by atoms with van der Waals surface area (Å²) < 4.78 is 0. The molecule has 0 saturated heterocycles. The molecular weight excluding hydrogens is 518 g/mol. The van der Waals surface area contributed by atoms with E-state index in [1.807, 2.05) is 30.6 Å². The molecule has 6 aromatic rings. The first-order valence-electron chi connectivity index (χ1n) is 12.8. The number of rotatable bonds is 5. The zero-order valence-electron chi connectivity index (χ0n) is 21.7. The summed E-state index contributed by atoms with van der Waals surface area (Å²) in [6, 6.07) is 31.0. The number of fused-ring (bicyclic) bond motifs is 2. The lowest BCUT2D eigenvalue weighted by Gasteiger charge is -2.21. The second kappa shape index (κ2) is 11.6. The number of H-pyrrole nitrogens is 1. The van der Waals surface area contributed by atoms with Gasteiger partial charge < -0.3 is 20.4 Å². The molecule has 0 spiro atoms. The van der Waals surface area contributed by atoms with Crippen LogP contribution in [-0.2, 0) is 6.42 Å². The van der Waals surface area contributed by atoms with E-state index < -0.39 is 23.4 Å². The van der Waals surface area contributed by atoms with Gasteiger partial charge in [-0.3, -0.25) is 0 Å². The number of carboxylic acid groups (broad SMARTS) is 2. The molecule has 7 nitrogen and oxygen atoms in total. The minimum atomic E-state index is -1.34. The van der Waals surface area contributed by atoms with Crippen LogP contribution in [0, 0.1) is 0 Å². The quantitative estimate of drug-likeness (QED) is 0.247. The lowest BCUT2D eigenvalue weighted by molar-refractivity contribution is -0.377. The van der Waals surface area contributed by atoms with Crippen LogP contribution in [0.15, 0.2) is 116 Å². The van der Waals surface area contributed by atoms with Crippen molar-refractivity contribution in [2.45, 2.75) is 6.42 Å². The Hall–Kier alpha value is -5.69. The monoisotopic (exact) mass is 543 g/mol. The molecule has 0 aliphatic heterocycles. The van der Waals surface area contributed by atoms with Crippen molar-refractivity contribution in [3.8, 4) is 22.6 Å². The molecule has 0 saturated carbocycles. The molecule has 1 heterocycles. The number of phenols is 1. The number of aromatic nitrogens is 1. The van der Waals surface area contributed by atoms with Crippen molar-refractivity contribution in [3.05, 3.63) is 138 Å². The predicted octanol–water partition coefficient (Wildman–Crippen LogP) is 5.93. The fourth-order valence-electron chi connectivity index (χ4n) is 4.88. The van der Waals surface area contributed by atoms with Gasteiger partial charge >= 0.3 is 11.9 Å². The molecule has 7 heteroatoms. The average molecular weight is 544 g/mol. The number of hydrogen-bond donors (Lipinski definition) is 3. The minimum absolute atomic E-state index is 0.103. The number of aromatic hydroxyl groups is 1. The second-order valence-corrected chi connectivity index (χ2v) is 9.37. The first kappa shape index (κ1) is 26.9. The van der Waals surface area contributed by atoms with Crippen molar-refractivity contribution in [2.24, 2.45) is 0 Å². The van der Waals surface area contributed by atoms with Crippen LogP contribution in [0.2, 0.25) is 0 Å². The van der Waals surface area contributed by atoms with Gasteiger partial charge in [-0.25, -0.2) is 14.6 Å². The van der Waals surface area contributed by atoms with E-state index in [0.29, 0.717) is 21.5 Å². The van der Waals surface area contributed by atoms with Gasteiger partial charge in [0.15, 0.2) is 12.4 Å². The average Bonchev–Trinajstić information content (AvgIpc) is 3.00. The van der Waals surface area contributed by atoms with Crippen LogP contribution in [0.1, 0.15) is 31.8 Å². The zero-order chi connectivity index (χ0) is 28.9. The molecule has 0 bridgehead atoms. The molecule has 0 atom stereocenters. The number of hydrogen-bond acceptors (Lipinski definition) is 4. The molecule has 0 unspecified atom stereocenters. The number of benzene rings is 5. The third-order valence-corrected chi connectivity index (χ3v) is 6.87. The Balaban J connectivity index is 0.000000234. The smallest absolute Gasteiger partial charge is 0.339 e. The van der Waals surface area contributed by atoms with E-state index in [1.165, 1.54) is 23.3 Å². The molecule has 5 aromatic carbocycles. The summed E-state index contributed by atoms with van der Waals surface area (Å²) >= 11 is 0. The lowest BCUT2D eigenvalue weighted by Crippen LogP contribution is -2.09. The summed E-state index contributed by atoms with van der Waals surface area (Å²) in [6.45, 7) is 0. The number of pyridine rings is 1. The van der Waals surface area contributed by atoms with E-state index in [9.17, 15) is 30.0 Å². The first-order chi connectivity index (χ1) is 19.8. The number of aromatic carboxylic acids is 2. The Morgan fingerprint density at radius 2 is 1.12 bits per heavy atom. The highest BCUT2D eigenvalue weighted by Crippen LogP contribution is 2.37. The molecule has 0 fully saturated rings. The van der Waals surface area contributed by atoms with Crippen molar-refractivity contribution in [1.82, 2.24) is 0 Å². The number of carbonyl (C=O) groups is 2. The summed E-state index contributed by atoms with van der Waals surface area (Å²) in [6.07, 6.45) is 3.76. The van der Waals surface area contributed by atoms with Crippen LogP contribution in [-0.4, -0.2) is 27.3 Å². The topological polar surface area (TPSA) is 132 Å². The highest BCUT2D eigenvalue weighted by atomic mass is 16.4. The van der Waals surface area contributed by atoms with E-state index in [0.717, 1.165) is 0 Å². The van der Waals surface area contributed by atoms with Crippen LogP contribution >= 0.6 is 0 Å². The Labute approximate surface area is 235 Å². The van der Waals surface area contributed by atoms with Crippen molar-refractivity contribution in [3.63, 3.8) is 0 Å². The molecule has 41 heavy (non-hydrogen) atoms. The summed E-state index contributed by atoms with van der Waals surface area (Å²) in [5.74, 6) is -3.71. The maximum absolute atomic E-state index is 12.9. The summed E-state index contributed by atoms with van der Waals surface area (Å²) in [5.41, 5.74) is 2.33. The van der Waals surface area contributed by atoms with Crippen molar-refractivity contribution >= 4 is 33.5 Å². The fourth-order valence-corrected chi connectivity index (χ4v) is 4.88. The molecule has 0 aliphatic rings. The number of carboxylic acids is 2. The van der Waals surface area contributed by atoms with Crippen LogP contribution in [0.25, 0.3) is 32.7 Å². The van der Waals surface area contributed by atoms with Gasteiger partial charge in [-0.15, -0.1) is 0 Å². The van der Waals surface area contributed by atoms with Crippen molar-refractivity contribution in [2.75, 3.05) is 0 Å². The van der Waals surface area contributed by atoms with E-state index in [2.05, 4.69) is 29.2 Å². The summed E-state index contributed by atoms with van der Waals surface area (Å²) in [5, 5.41) is 44.8. The normalized spacial score (nSPS) is 10.6. The Bertz CT molecular complexity index is 1750. The van der Waals surface area contributed by atoms with Crippen LogP contribution in [0.4, 0.5) is 0 Å². The summed E-state index contributed by atoms with van der Waals surface area (Å²) in [7, 11) is 0. The van der Waals surface area contributed by atoms with Gasteiger partial charge in [-0.1, -0.05) is 84.6 Å². The largest absolute Gasteiger partial charge is 0.872 e. The highest BCUT2D eigenvalue weighted by Gasteiger charge is 2.20. The molecule has 1 aromatic heterocycles. The Morgan fingerprint density at radius 3 is 1.71 bits per heavy atom. The first-order valence-corrected chi connectivity index (χ1v) is 12.8. The molecule has 0 radical (unpaired) electrons. The van der Waals surface area contributed by atoms with Crippen LogP contribution in [0.3, 0.4) is 0 Å². The fraction of sp³-hybridized carbons (Fsp3) is 0.0294. The van der Waals surface area contributed by atoms with Crippen LogP contribution < -0.4 is 10.1 Å². The standard InChI is InChI=1S/C23H16O6.C11H9N/c24-20-16(14-7-3-1-5-12(14)9-18(20)22(26)27)11-17-15-8-4-2-6-13(15)10-19(21(17)25)23(28)29;1-2-4-10(5-3-1)11-6-8-12-9-7-11/h1-10,24-25H,11H2,(H,26,27)(H,28,29);1-9H. The van der Waals surface area contributed by atoms with Crippen molar-refractivity contribution < 1.29 is 35.0 Å². The van der Waals surface area contributed by atoms with E-state index in [1.54, 1.807) is 48.5 Å². The predicted molar refractivity (Wildman–Crippen MR) is 154 cm³/mol. The van der Waals surface area contributed by atoms with Gasteiger partial charge in [0.1, 0.15) is 11.3 Å². The summed E-state index contributed by atoms with van der Waals surface area (Å²) in [4.78, 5) is 26.2. The molecule has 6 rings (SSSR count). The maximum Gasteiger partial charge on any atom is 0.339 e. The molecule has 0 aliphatic carbocycles. The molecule has 0 amide bonds. The lowest BCUT2D eigenvalue weighted by atomic mass is 9.90. The zero-order valence-corrected chi connectivity index (χ0v) is 21.7. The molecule has 4 N–H and O–H groups in total. The number of nitrogens with one attached hydrogen (secondary N) is 1. The Kier molecular flexibility index (Phi) is 7.60. The van der Waals surface area contributed by atoms with Gasteiger partial charge in [0.05, 0.1) is 5.56 Å². The SMILES string of the molecule is O=C(O)c1cc2ccccc2c(Cc2c(O)c(C(=O)O)cc3ccccc23)c1[O-].c1ccc(-c2cc[nH+]cc2)cc1.